The van der Waals surface area contributed by atoms with Crippen molar-refractivity contribution in [3.63, 3.8) is 0 Å². The minimum atomic E-state index is -3.60. The highest BCUT2D eigenvalue weighted by Gasteiger charge is 2.30. The zero-order valence-electron chi connectivity index (χ0n) is 11.9. The number of rotatable bonds is 3. The number of sulfonamides is 1. The van der Waals surface area contributed by atoms with Crippen LogP contribution in [-0.4, -0.2) is 56.4 Å². The molecule has 3 N–H and O–H groups in total. The third-order valence-electron chi connectivity index (χ3n) is 3.39. The van der Waals surface area contributed by atoms with E-state index in [1.54, 1.807) is 23.1 Å². The Bertz CT molecular complexity index is 610. The van der Waals surface area contributed by atoms with Gasteiger partial charge in [0, 0.05) is 32.7 Å². The molecule has 0 atom stereocenters. The van der Waals surface area contributed by atoms with Gasteiger partial charge in [0.2, 0.25) is 10.0 Å². The lowest BCUT2D eigenvalue weighted by Crippen LogP contribution is -2.53. The average molecular weight is 312 g/mol. The van der Waals surface area contributed by atoms with E-state index >= 15 is 0 Å². The van der Waals surface area contributed by atoms with E-state index in [-0.39, 0.29) is 29.7 Å². The Morgan fingerprint density at radius 2 is 1.86 bits per heavy atom. The van der Waals surface area contributed by atoms with Gasteiger partial charge in [-0.2, -0.15) is 4.31 Å². The highest BCUT2D eigenvalue weighted by Crippen LogP contribution is 2.22. The summed E-state index contributed by atoms with van der Waals surface area (Å²) in [4.78, 5) is 13.4. The molecular weight excluding hydrogens is 292 g/mol. The van der Waals surface area contributed by atoms with Crippen LogP contribution >= 0.6 is 0 Å². The molecule has 1 fully saturated rings. The van der Waals surface area contributed by atoms with E-state index in [4.69, 9.17) is 5.73 Å². The summed E-state index contributed by atoms with van der Waals surface area (Å²) in [5.74, 6) is 0. The number of nitrogens with two attached hydrogens (primary N) is 1. The molecule has 1 heterocycles. The first-order chi connectivity index (χ1) is 9.96. The van der Waals surface area contributed by atoms with Crippen LogP contribution in [0.4, 0.5) is 10.5 Å². The molecule has 7 nitrogen and oxygen atoms in total. The Kier molecular flexibility index (Phi) is 4.69. The van der Waals surface area contributed by atoms with Gasteiger partial charge < -0.3 is 16.0 Å². The second-order valence-electron chi connectivity index (χ2n) is 4.76. The number of urea groups is 1. The second-order valence-corrected chi connectivity index (χ2v) is 6.67. The van der Waals surface area contributed by atoms with Crippen LogP contribution in [-0.2, 0) is 10.0 Å². The summed E-state index contributed by atoms with van der Waals surface area (Å²) in [5.41, 5.74) is 5.99. The molecule has 0 bridgehead atoms. The summed E-state index contributed by atoms with van der Waals surface area (Å²) in [6.45, 7) is 3.69. The number of carbonyl (C=O) groups is 1. The standard InChI is InChI=1S/C13H20N4O3S/c1-2-15-13(18)16-7-9-17(10-8-16)21(19,20)12-6-4-3-5-11(12)14/h3-6H,2,7-10,14H2,1H3,(H,15,18). The van der Waals surface area contributed by atoms with E-state index in [0.29, 0.717) is 19.6 Å². The highest BCUT2D eigenvalue weighted by atomic mass is 32.2. The van der Waals surface area contributed by atoms with Crippen molar-refractivity contribution >= 4 is 21.7 Å². The fourth-order valence-corrected chi connectivity index (χ4v) is 3.79. The SMILES string of the molecule is CCNC(=O)N1CCN(S(=O)(=O)c2ccccc2N)CC1. The van der Waals surface area contributed by atoms with Crippen molar-refractivity contribution in [2.45, 2.75) is 11.8 Å². The third-order valence-corrected chi connectivity index (χ3v) is 5.36. The maximum Gasteiger partial charge on any atom is 0.317 e. The van der Waals surface area contributed by atoms with Gasteiger partial charge in [-0.3, -0.25) is 0 Å². The van der Waals surface area contributed by atoms with E-state index in [0.717, 1.165) is 0 Å². The van der Waals surface area contributed by atoms with Crippen molar-refractivity contribution in [1.29, 1.82) is 0 Å². The Balaban J connectivity index is 2.08. The average Bonchev–Trinajstić information content (AvgIpc) is 2.48. The summed E-state index contributed by atoms with van der Waals surface area (Å²) in [6.07, 6.45) is 0. The van der Waals surface area contributed by atoms with Gasteiger partial charge in [0.15, 0.2) is 0 Å². The molecular formula is C13H20N4O3S. The van der Waals surface area contributed by atoms with Crippen LogP contribution in [0.1, 0.15) is 6.92 Å². The summed E-state index contributed by atoms with van der Waals surface area (Å²) >= 11 is 0. The molecule has 116 valence electrons. The Hall–Kier alpha value is -1.80. The number of hydrogen-bond donors (Lipinski definition) is 2. The molecule has 0 saturated carbocycles. The minimum absolute atomic E-state index is 0.122. The molecule has 1 aromatic carbocycles. The van der Waals surface area contributed by atoms with Gasteiger partial charge in [-0.1, -0.05) is 12.1 Å². The monoisotopic (exact) mass is 312 g/mol. The summed E-state index contributed by atoms with van der Waals surface area (Å²) < 4.78 is 26.4. The number of para-hydroxylation sites is 1. The predicted molar refractivity (Wildman–Crippen MR) is 80.3 cm³/mol. The Morgan fingerprint density at radius 3 is 2.43 bits per heavy atom. The van der Waals surface area contributed by atoms with Gasteiger partial charge in [0.1, 0.15) is 4.90 Å². The molecule has 8 heteroatoms. The van der Waals surface area contributed by atoms with Gasteiger partial charge >= 0.3 is 6.03 Å². The number of benzene rings is 1. The Labute approximate surface area is 124 Å². The van der Waals surface area contributed by atoms with Crippen molar-refractivity contribution in [3.8, 4) is 0 Å². The maximum atomic E-state index is 12.5. The molecule has 2 rings (SSSR count). The number of carbonyl (C=O) groups excluding carboxylic acids is 1. The lowest BCUT2D eigenvalue weighted by atomic mass is 10.3. The molecule has 0 unspecified atom stereocenters. The molecule has 1 aromatic rings. The van der Waals surface area contributed by atoms with Crippen molar-refractivity contribution in [2.24, 2.45) is 0 Å². The van der Waals surface area contributed by atoms with E-state index in [1.807, 2.05) is 6.92 Å². The van der Waals surface area contributed by atoms with Crippen LogP contribution in [0.25, 0.3) is 0 Å². The smallest absolute Gasteiger partial charge is 0.317 e. The zero-order chi connectivity index (χ0) is 15.5. The number of nitrogens with zero attached hydrogens (tertiary/aromatic N) is 2. The molecule has 0 spiro atoms. The van der Waals surface area contributed by atoms with Crippen LogP contribution in [0.15, 0.2) is 29.2 Å². The fraction of sp³-hybridized carbons (Fsp3) is 0.462. The van der Waals surface area contributed by atoms with Crippen LogP contribution in [0, 0.1) is 0 Å². The maximum absolute atomic E-state index is 12.5. The number of amides is 2. The predicted octanol–water partition coefficient (Wildman–Crippen LogP) is 0.305. The molecule has 0 aromatic heterocycles. The van der Waals surface area contributed by atoms with Crippen LogP contribution in [0.3, 0.4) is 0 Å². The van der Waals surface area contributed by atoms with E-state index in [9.17, 15) is 13.2 Å². The van der Waals surface area contributed by atoms with Crippen molar-refractivity contribution in [2.75, 3.05) is 38.5 Å². The molecule has 0 aliphatic carbocycles. The number of piperazine rings is 1. The van der Waals surface area contributed by atoms with Crippen LogP contribution < -0.4 is 11.1 Å². The summed E-state index contributed by atoms with van der Waals surface area (Å²) in [7, 11) is -3.60. The van der Waals surface area contributed by atoms with Gasteiger partial charge in [-0.25, -0.2) is 13.2 Å². The van der Waals surface area contributed by atoms with Crippen LogP contribution in [0.2, 0.25) is 0 Å². The quantitative estimate of drug-likeness (QED) is 0.785. The summed E-state index contributed by atoms with van der Waals surface area (Å²) in [5, 5.41) is 2.71. The largest absolute Gasteiger partial charge is 0.398 e. The highest BCUT2D eigenvalue weighted by molar-refractivity contribution is 7.89. The second kappa shape index (κ2) is 6.31. The van der Waals surface area contributed by atoms with E-state index in [2.05, 4.69) is 5.32 Å². The van der Waals surface area contributed by atoms with Crippen molar-refractivity contribution < 1.29 is 13.2 Å². The number of nitrogen functional groups attached to an aromatic ring is 1. The molecule has 0 radical (unpaired) electrons. The first kappa shape index (κ1) is 15.6. The van der Waals surface area contributed by atoms with Gasteiger partial charge in [-0.05, 0) is 19.1 Å². The molecule has 1 saturated heterocycles. The molecule has 2 amide bonds. The molecule has 1 aliphatic heterocycles. The van der Waals surface area contributed by atoms with Gasteiger partial charge in [0.05, 0.1) is 5.69 Å². The van der Waals surface area contributed by atoms with Gasteiger partial charge in [-0.15, -0.1) is 0 Å². The van der Waals surface area contributed by atoms with Crippen LogP contribution in [0.5, 0.6) is 0 Å². The lowest BCUT2D eigenvalue weighted by molar-refractivity contribution is 0.173. The topological polar surface area (TPSA) is 95.7 Å². The fourth-order valence-electron chi connectivity index (χ4n) is 2.25. The molecule has 21 heavy (non-hydrogen) atoms. The number of anilines is 1. The summed E-state index contributed by atoms with van der Waals surface area (Å²) in [6, 6.07) is 6.25. The van der Waals surface area contributed by atoms with Crippen molar-refractivity contribution in [1.82, 2.24) is 14.5 Å². The Morgan fingerprint density at radius 1 is 1.24 bits per heavy atom. The first-order valence-electron chi connectivity index (χ1n) is 6.84. The lowest BCUT2D eigenvalue weighted by Gasteiger charge is -2.34. The minimum Gasteiger partial charge on any atom is -0.398 e. The van der Waals surface area contributed by atoms with Gasteiger partial charge in [0.25, 0.3) is 0 Å². The van der Waals surface area contributed by atoms with E-state index in [1.165, 1.54) is 10.4 Å². The first-order valence-corrected chi connectivity index (χ1v) is 8.28. The molecule has 1 aliphatic rings. The zero-order valence-corrected chi connectivity index (χ0v) is 12.8. The number of nitrogens with one attached hydrogen (secondary N) is 1. The van der Waals surface area contributed by atoms with Crippen molar-refractivity contribution in [3.05, 3.63) is 24.3 Å². The third kappa shape index (κ3) is 3.27. The number of hydrogen-bond acceptors (Lipinski definition) is 4. The van der Waals surface area contributed by atoms with E-state index < -0.39 is 10.0 Å². The normalized spacial score (nSPS) is 16.7.